The monoisotopic (exact) mass is 234 g/mol. The fourth-order valence-corrected chi connectivity index (χ4v) is 1.47. The van der Waals surface area contributed by atoms with E-state index in [1.54, 1.807) is 24.3 Å². The molecule has 6 heteroatoms. The van der Waals surface area contributed by atoms with E-state index in [0.29, 0.717) is 5.52 Å². The molecule has 0 fully saturated rings. The molecule has 1 aromatic heterocycles. The van der Waals surface area contributed by atoms with Crippen LogP contribution in [0, 0.1) is 0 Å². The van der Waals surface area contributed by atoms with E-state index < -0.39 is 12.5 Å². The summed E-state index contributed by atoms with van der Waals surface area (Å²) in [6.45, 7) is -0.922. The molecule has 86 valence electrons. The molecule has 1 heterocycles. The number of alkyl halides is 2. The highest BCUT2D eigenvalue weighted by Gasteiger charge is 2.32. The van der Waals surface area contributed by atoms with Crippen molar-refractivity contribution in [3.63, 3.8) is 0 Å². The minimum absolute atomic E-state index is 0.386. The van der Waals surface area contributed by atoms with Crippen LogP contribution >= 0.6 is 0 Å². The molecule has 0 saturated carbocycles. The standard InChI is InChI=1S/C11H8F2N4/c12-11(13,7-15-17-14)10-6-5-8-3-1-2-4-9(8)16-10/h1-6H,7H2. The van der Waals surface area contributed by atoms with Gasteiger partial charge in [-0.2, -0.15) is 8.78 Å². The van der Waals surface area contributed by atoms with Crippen LogP contribution in [0.15, 0.2) is 41.5 Å². The van der Waals surface area contributed by atoms with Gasteiger partial charge in [0.25, 0.3) is 5.92 Å². The molecule has 0 aliphatic heterocycles. The van der Waals surface area contributed by atoms with Gasteiger partial charge in [-0.25, -0.2) is 4.98 Å². The molecular weight excluding hydrogens is 226 g/mol. The summed E-state index contributed by atoms with van der Waals surface area (Å²) in [5.41, 5.74) is 8.16. The van der Waals surface area contributed by atoms with Gasteiger partial charge < -0.3 is 0 Å². The topological polar surface area (TPSA) is 61.7 Å². The van der Waals surface area contributed by atoms with Crippen molar-refractivity contribution in [2.75, 3.05) is 6.54 Å². The van der Waals surface area contributed by atoms with Crippen LogP contribution in [0.5, 0.6) is 0 Å². The lowest BCUT2D eigenvalue weighted by Crippen LogP contribution is -2.18. The number of para-hydroxylation sites is 1. The zero-order valence-electron chi connectivity index (χ0n) is 8.72. The van der Waals surface area contributed by atoms with E-state index in [-0.39, 0.29) is 5.69 Å². The maximum absolute atomic E-state index is 13.5. The van der Waals surface area contributed by atoms with Gasteiger partial charge in [0.15, 0.2) is 0 Å². The van der Waals surface area contributed by atoms with Gasteiger partial charge in [-0.05, 0) is 17.7 Å². The summed E-state index contributed by atoms with van der Waals surface area (Å²) in [5.74, 6) is -3.24. The summed E-state index contributed by atoms with van der Waals surface area (Å²) in [5, 5.41) is 3.68. The molecule has 0 bridgehead atoms. The van der Waals surface area contributed by atoms with E-state index in [9.17, 15) is 8.78 Å². The van der Waals surface area contributed by atoms with Crippen molar-refractivity contribution in [2.45, 2.75) is 5.92 Å². The number of azide groups is 1. The van der Waals surface area contributed by atoms with Gasteiger partial charge in [0, 0.05) is 10.3 Å². The molecule has 17 heavy (non-hydrogen) atoms. The van der Waals surface area contributed by atoms with Gasteiger partial charge in [-0.3, -0.25) is 0 Å². The summed E-state index contributed by atoms with van der Waals surface area (Å²) < 4.78 is 27.1. The van der Waals surface area contributed by atoms with Crippen LogP contribution in [0.3, 0.4) is 0 Å². The second kappa shape index (κ2) is 4.35. The SMILES string of the molecule is [N-]=[N+]=NCC(F)(F)c1ccc2ccccc2n1. The predicted molar refractivity (Wildman–Crippen MR) is 59.7 cm³/mol. The van der Waals surface area contributed by atoms with E-state index >= 15 is 0 Å². The second-order valence-electron chi connectivity index (χ2n) is 3.48. The lowest BCUT2D eigenvalue weighted by Gasteiger charge is -2.13. The molecule has 1 aromatic carbocycles. The lowest BCUT2D eigenvalue weighted by molar-refractivity contribution is 0.00186. The van der Waals surface area contributed by atoms with E-state index in [2.05, 4.69) is 15.0 Å². The number of fused-ring (bicyclic) bond motifs is 1. The zero-order valence-corrected chi connectivity index (χ0v) is 8.72. The van der Waals surface area contributed by atoms with Crippen molar-refractivity contribution in [2.24, 2.45) is 5.11 Å². The third kappa shape index (κ3) is 2.32. The number of hydrogen-bond donors (Lipinski definition) is 0. The van der Waals surface area contributed by atoms with Gasteiger partial charge in [-0.15, -0.1) is 0 Å². The Morgan fingerprint density at radius 3 is 2.76 bits per heavy atom. The molecule has 0 atom stereocenters. The highest BCUT2D eigenvalue weighted by molar-refractivity contribution is 5.78. The quantitative estimate of drug-likeness (QED) is 0.454. The minimum atomic E-state index is -3.24. The summed E-state index contributed by atoms with van der Waals surface area (Å²) in [7, 11) is 0. The summed E-state index contributed by atoms with van der Waals surface area (Å²) in [6.07, 6.45) is 0. The van der Waals surface area contributed by atoms with Crippen molar-refractivity contribution in [3.05, 3.63) is 52.5 Å². The van der Waals surface area contributed by atoms with Gasteiger partial charge in [0.1, 0.15) is 5.69 Å². The van der Waals surface area contributed by atoms with Crippen LogP contribution in [0.4, 0.5) is 8.78 Å². The molecule has 2 aromatic rings. The number of halogens is 2. The van der Waals surface area contributed by atoms with E-state index in [4.69, 9.17) is 5.53 Å². The molecule has 2 rings (SSSR count). The van der Waals surface area contributed by atoms with Crippen LogP contribution in [-0.2, 0) is 5.92 Å². The molecule has 0 unspecified atom stereocenters. The Balaban J connectivity index is 2.45. The Kier molecular flexibility index (Phi) is 2.89. The second-order valence-corrected chi connectivity index (χ2v) is 3.48. The maximum atomic E-state index is 13.5. The largest absolute Gasteiger partial charge is 0.295 e. The van der Waals surface area contributed by atoms with Gasteiger partial charge in [0.05, 0.1) is 12.1 Å². The first-order chi connectivity index (χ1) is 8.13. The maximum Gasteiger partial charge on any atom is 0.295 e. The Morgan fingerprint density at radius 1 is 1.24 bits per heavy atom. The third-order valence-corrected chi connectivity index (χ3v) is 2.31. The number of rotatable bonds is 3. The van der Waals surface area contributed by atoms with Crippen LogP contribution < -0.4 is 0 Å². The van der Waals surface area contributed by atoms with Crippen molar-refractivity contribution < 1.29 is 8.78 Å². The van der Waals surface area contributed by atoms with E-state index in [1.165, 1.54) is 6.07 Å². The highest BCUT2D eigenvalue weighted by Crippen LogP contribution is 2.28. The van der Waals surface area contributed by atoms with Crippen LogP contribution in [0.25, 0.3) is 21.3 Å². The van der Waals surface area contributed by atoms with Gasteiger partial charge in [-0.1, -0.05) is 29.4 Å². The smallest absolute Gasteiger partial charge is 0.247 e. The zero-order chi connectivity index (χ0) is 12.3. The average Bonchev–Trinajstić information content (AvgIpc) is 2.36. The first-order valence-corrected chi connectivity index (χ1v) is 4.88. The lowest BCUT2D eigenvalue weighted by atomic mass is 10.1. The van der Waals surface area contributed by atoms with Crippen molar-refractivity contribution in [1.82, 2.24) is 4.98 Å². The Labute approximate surface area is 95.5 Å². The van der Waals surface area contributed by atoms with Crippen molar-refractivity contribution in [1.29, 1.82) is 0 Å². The van der Waals surface area contributed by atoms with Crippen LogP contribution in [0.1, 0.15) is 5.69 Å². The normalized spacial score (nSPS) is 11.2. The highest BCUT2D eigenvalue weighted by atomic mass is 19.3. The van der Waals surface area contributed by atoms with E-state index in [0.717, 1.165) is 5.39 Å². The number of hydrogen-bond acceptors (Lipinski definition) is 2. The first-order valence-electron chi connectivity index (χ1n) is 4.88. The average molecular weight is 234 g/mol. The summed E-state index contributed by atoms with van der Waals surface area (Å²) in [4.78, 5) is 6.19. The molecule has 0 aliphatic rings. The summed E-state index contributed by atoms with van der Waals surface area (Å²) >= 11 is 0. The molecule has 0 N–H and O–H groups in total. The Hall–Kier alpha value is -2.20. The predicted octanol–water partition coefficient (Wildman–Crippen LogP) is 3.64. The third-order valence-electron chi connectivity index (χ3n) is 2.31. The molecule has 0 amide bonds. The van der Waals surface area contributed by atoms with Crippen LogP contribution in [0.2, 0.25) is 0 Å². The molecule has 0 spiro atoms. The Morgan fingerprint density at radius 2 is 2.00 bits per heavy atom. The van der Waals surface area contributed by atoms with Crippen molar-refractivity contribution >= 4 is 10.9 Å². The van der Waals surface area contributed by atoms with Crippen LogP contribution in [-0.4, -0.2) is 11.5 Å². The molecule has 0 radical (unpaired) electrons. The molecule has 0 saturated heterocycles. The number of pyridine rings is 1. The molecule has 0 aliphatic carbocycles. The number of nitrogens with zero attached hydrogens (tertiary/aromatic N) is 4. The number of aromatic nitrogens is 1. The fraction of sp³-hybridized carbons (Fsp3) is 0.182. The number of benzene rings is 1. The molecule has 4 nitrogen and oxygen atoms in total. The van der Waals surface area contributed by atoms with Crippen molar-refractivity contribution in [3.8, 4) is 0 Å². The van der Waals surface area contributed by atoms with E-state index in [1.807, 2.05) is 6.07 Å². The van der Waals surface area contributed by atoms with Gasteiger partial charge >= 0.3 is 0 Å². The Bertz CT molecular complexity index is 591. The fourth-order valence-electron chi connectivity index (χ4n) is 1.47. The van der Waals surface area contributed by atoms with Gasteiger partial charge in [0.2, 0.25) is 0 Å². The minimum Gasteiger partial charge on any atom is -0.247 e. The summed E-state index contributed by atoms with van der Waals surface area (Å²) in [6, 6.07) is 9.80. The first kappa shape index (κ1) is 11.3. The molecular formula is C11H8F2N4.